The minimum absolute atomic E-state index is 0.324. The van der Waals surface area contributed by atoms with Crippen LogP contribution < -0.4 is 0 Å². The Kier molecular flexibility index (Phi) is 3.28. The molecule has 1 aliphatic rings. The highest BCUT2D eigenvalue weighted by atomic mass is 32.2. The average molecular weight is 256 g/mol. The molecule has 3 rings (SSSR count). The molecule has 0 aromatic heterocycles. The fourth-order valence-corrected chi connectivity index (χ4v) is 3.31. The van der Waals surface area contributed by atoms with Crippen LogP contribution in [0.2, 0.25) is 0 Å². The highest BCUT2D eigenvalue weighted by Crippen LogP contribution is 2.32. The maximum atomic E-state index is 9.27. The summed E-state index contributed by atoms with van der Waals surface area (Å²) < 4.78 is 0. The van der Waals surface area contributed by atoms with Gasteiger partial charge in [-0.1, -0.05) is 17.8 Å². The molecule has 0 bridgehead atoms. The normalized spacial score (nSPS) is 14.2. The van der Waals surface area contributed by atoms with Gasteiger partial charge in [-0.05, 0) is 73.2 Å². The highest BCUT2D eigenvalue weighted by Gasteiger charge is 2.09. The first-order chi connectivity index (χ1) is 8.81. The number of hydrogen-bond donors (Lipinski definition) is 1. The maximum absolute atomic E-state index is 9.27. The third-order valence-corrected chi connectivity index (χ3v) is 4.39. The lowest BCUT2D eigenvalue weighted by Crippen LogP contribution is -2.01. The van der Waals surface area contributed by atoms with E-state index >= 15 is 0 Å². The first-order valence-corrected chi connectivity index (χ1v) is 7.21. The standard InChI is InChI=1S/C16H16OS/c17-14-6-9-15(10-7-14)18-16-8-5-12-3-1-2-4-13(12)11-16/h5-11,17H,1-4H2. The second kappa shape index (κ2) is 5.07. The number of fused-ring (bicyclic) bond motifs is 1. The zero-order chi connectivity index (χ0) is 12.4. The molecule has 0 spiro atoms. The van der Waals surface area contributed by atoms with E-state index in [-0.39, 0.29) is 0 Å². The molecule has 1 N–H and O–H groups in total. The van der Waals surface area contributed by atoms with Crippen molar-refractivity contribution in [2.24, 2.45) is 0 Å². The molecule has 2 aromatic carbocycles. The van der Waals surface area contributed by atoms with Gasteiger partial charge in [-0.25, -0.2) is 0 Å². The van der Waals surface area contributed by atoms with Gasteiger partial charge >= 0.3 is 0 Å². The van der Waals surface area contributed by atoms with Crippen LogP contribution in [0.5, 0.6) is 5.75 Å². The molecule has 1 nitrogen and oxygen atoms in total. The number of phenols is 1. The van der Waals surface area contributed by atoms with Crippen molar-refractivity contribution < 1.29 is 5.11 Å². The van der Waals surface area contributed by atoms with Crippen LogP contribution >= 0.6 is 11.8 Å². The average Bonchev–Trinajstić information content (AvgIpc) is 2.41. The number of rotatable bonds is 2. The molecular formula is C16H16OS. The van der Waals surface area contributed by atoms with Gasteiger partial charge in [0.1, 0.15) is 5.75 Å². The first kappa shape index (κ1) is 11.7. The zero-order valence-electron chi connectivity index (χ0n) is 10.2. The largest absolute Gasteiger partial charge is 0.508 e. The molecule has 92 valence electrons. The molecule has 0 fully saturated rings. The van der Waals surface area contributed by atoms with E-state index in [4.69, 9.17) is 0 Å². The molecule has 0 atom stereocenters. The molecule has 0 heterocycles. The molecule has 1 aliphatic carbocycles. The van der Waals surface area contributed by atoms with E-state index in [2.05, 4.69) is 18.2 Å². The van der Waals surface area contributed by atoms with Crippen molar-refractivity contribution in [3.05, 3.63) is 53.6 Å². The van der Waals surface area contributed by atoms with Crippen LogP contribution in [0.25, 0.3) is 0 Å². The lowest BCUT2D eigenvalue weighted by molar-refractivity contribution is 0.475. The summed E-state index contributed by atoms with van der Waals surface area (Å²) in [6.07, 6.45) is 5.11. The van der Waals surface area contributed by atoms with Crippen molar-refractivity contribution in [3.8, 4) is 5.75 Å². The van der Waals surface area contributed by atoms with Crippen molar-refractivity contribution in [2.75, 3.05) is 0 Å². The Labute approximate surface area is 112 Å². The van der Waals surface area contributed by atoms with Gasteiger partial charge < -0.3 is 5.11 Å². The van der Waals surface area contributed by atoms with Gasteiger partial charge in [-0.2, -0.15) is 0 Å². The Balaban J connectivity index is 1.82. The first-order valence-electron chi connectivity index (χ1n) is 6.40. The van der Waals surface area contributed by atoms with Crippen LogP contribution in [-0.2, 0) is 12.8 Å². The van der Waals surface area contributed by atoms with Crippen molar-refractivity contribution in [1.82, 2.24) is 0 Å². The topological polar surface area (TPSA) is 20.2 Å². The van der Waals surface area contributed by atoms with Gasteiger partial charge in [0.25, 0.3) is 0 Å². The quantitative estimate of drug-likeness (QED) is 0.858. The summed E-state index contributed by atoms with van der Waals surface area (Å²) in [5, 5.41) is 9.27. The van der Waals surface area contributed by atoms with E-state index in [1.165, 1.54) is 46.6 Å². The van der Waals surface area contributed by atoms with Crippen molar-refractivity contribution in [3.63, 3.8) is 0 Å². The maximum Gasteiger partial charge on any atom is 0.115 e. The van der Waals surface area contributed by atoms with Gasteiger partial charge in [0.15, 0.2) is 0 Å². The van der Waals surface area contributed by atoms with Crippen LogP contribution in [0.15, 0.2) is 52.3 Å². The van der Waals surface area contributed by atoms with Crippen LogP contribution in [0.4, 0.5) is 0 Å². The van der Waals surface area contributed by atoms with Gasteiger partial charge in [0, 0.05) is 9.79 Å². The van der Waals surface area contributed by atoms with Crippen LogP contribution in [0.1, 0.15) is 24.0 Å². The third kappa shape index (κ3) is 2.54. The Bertz CT molecular complexity index is 546. The number of aryl methyl sites for hydroxylation is 2. The third-order valence-electron chi connectivity index (χ3n) is 3.39. The molecule has 0 amide bonds. The number of hydrogen-bond acceptors (Lipinski definition) is 2. The highest BCUT2D eigenvalue weighted by molar-refractivity contribution is 7.99. The van der Waals surface area contributed by atoms with Crippen molar-refractivity contribution in [1.29, 1.82) is 0 Å². The van der Waals surface area contributed by atoms with Crippen LogP contribution in [0.3, 0.4) is 0 Å². The second-order valence-corrected chi connectivity index (χ2v) is 5.88. The predicted molar refractivity (Wildman–Crippen MR) is 75.3 cm³/mol. The molecule has 0 unspecified atom stereocenters. The van der Waals surface area contributed by atoms with E-state index in [1.807, 2.05) is 12.1 Å². The Morgan fingerprint density at radius 2 is 1.44 bits per heavy atom. The number of aromatic hydroxyl groups is 1. The van der Waals surface area contributed by atoms with Gasteiger partial charge in [-0.15, -0.1) is 0 Å². The smallest absolute Gasteiger partial charge is 0.115 e. The summed E-state index contributed by atoms with van der Waals surface area (Å²) in [4.78, 5) is 2.46. The molecule has 0 radical (unpaired) electrons. The van der Waals surface area contributed by atoms with Crippen LogP contribution in [-0.4, -0.2) is 5.11 Å². The van der Waals surface area contributed by atoms with E-state index in [0.717, 1.165) is 0 Å². The fraction of sp³-hybridized carbons (Fsp3) is 0.250. The number of benzene rings is 2. The molecule has 0 saturated heterocycles. The van der Waals surface area contributed by atoms with Crippen LogP contribution in [0, 0.1) is 0 Å². The monoisotopic (exact) mass is 256 g/mol. The van der Waals surface area contributed by atoms with E-state index < -0.39 is 0 Å². The van der Waals surface area contributed by atoms with E-state index in [1.54, 1.807) is 23.9 Å². The molecule has 2 aromatic rings. The summed E-state index contributed by atoms with van der Waals surface area (Å²) in [7, 11) is 0. The Morgan fingerprint density at radius 3 is 2.22 bits per heavy atom. The van der Waals surface area contributed by atoms with Crippen molar-refractivity contribution >= 4 is 11.8 Å². The summed E-state index contributed by atoms with van der Waals surface area (Å²) in [5.74, 6) is 0.324. The molecule has 2 heteroatoms. The molecule has 0 saturated carbocycles. The van der Waals surface area contributed by atoms with Gasteiger partial charge in [0.2, 0.25) is 0 Å². The molecule has 18 heavy (non-hydrogen) atoms. The summed E-state index contributed by atoms with van der Waals surface area (Å²) in [6.45, 7) is 0. The molecular weight excluding hydrogens is 240 g/mol. The predicted octanol–water partition coefficient (Wildman–Crippen LogP) is 4.42. The minimum Gasteiger partial charge on any atom is -0.508 e. The fourth-order valence-electron chi connectivity index (χ4n) is 2.42. The summed E-state index contributed by atoms with van der Waals surface area (Å²) in [5.41, 5.74) is 3.04. The second-order valence-electron chi connectivity index (χ2n) is 4.73. The lowest BCUT2D eigenvalue weighted by Gasteiger charge is -2.16. The van der Waals surface area contributed by atoms with Crippen molar-refractivity contribution in [2.45, 2.75) is 35.5 Å². The van der Waals surface area contributed by atoms with Gasteiger partial charge in [-0.3, -0.25) is 0 Å². The number of phenolic OH excluding ortho intramolecular Hbond substituents is 1. The lowest BCUT2D eigenvalue weighted by atomic mass is 9.92. The van der Waals surface area contributed by atoms with E-state index in [9.17, 15) is 5.11 Å². The zero-order valence-corrected chi connectivity index (χ0v) is 11.0. The summed E-state index contributed by atoms with van der Waals surface area (Å²) in [6, 6.07) is 14.2. The van der Waals surface area contributed by atoms with E-state index in [0.29, 0.717) is 5.75 Å². The Hall–Kier alpha value is -1.41. The molecule has 0 aliphatic heterocycles. The SMILES string of the molecule is Oc1ccc(Sc2ccc3c(c2)CCCC3)cc1. The minimum atomic E-state index is 0.324. The Morgan fingerprint density at radius 1 is 0.778 bits per heavy atom. The van der Waals surface area contributed by atoms with Gasteiger partial charge in [0.05, 0.1) is 0 Å². The summed E-state index contributed by atoms with van der Waals surface area (Å²) >= 11 is 1.76.